The van der Waals surface area contributed by atoms with Gasteiger partial charge in [0.15, 0.2) is 0 Å². The highest BCUT2D eigenvalue weighted by atomic mass is 35.5. The molecule has 0 radical (unpaired) electrons. The first-order valence-corrected chi connectivity index (χ1v) is 6.78. The van der Waals surface area contributed by atoms with Gasteiger partial charge < -0.3 is 15.0 Å². The van der Waals surface area contributed by atoms with E-state index in [4.69, 9.17) is 16.3 Å². The van der Waals surface area contributed by atoms with Gasteiger partial charge in [-0.15, -0.1) is 0 Å². The lowest BCUT2D eigenvalue weighted by atomic mass is 10.3. The first-order valence-electron chi connectivity index (χ1n) is 6.40. The molecule has 0 saturated heterocycles. The molecule has 8 heteroatoms. The van der Waals surface area contributed by atoms with Crippen LogP contribution in [-0.2, 0) is 4.74 Å². The van der Waals surface area contributed by atoms with Crippen molar-refractivity contribution in [3.63, 3.8) is 0 Å². The molecule has 0 aliphatic carbocycles. The summed E-state index contributed by atoms with van der Waals surface area (Å²) in [5, 5.41) is 7.95. The molecule has 20 heavy (non-hydrogen) atoms. The highest BCUT2D eigenvalue weighted by Gasteiger charge is 2.11. The SMILES string of the molecule is COCCN(C)CCNc1c(C)c(Cl)nc2ncnn12. The Hall–Kier alpha value is -1.44. The van der Waals surface area contributed by atoms with Gasteiger partial charge in [0.2, 0.25) is 0 Å². The molecule has 2 rings (SSSR count). The third-order valence-electron chi connectivity index (χ3n) is 3.07. The molecule has 0 amide bonds. The number of aromatic nitrogens is 4. The lowest BCUT2D eigenvalue weighted by Gasteiger charge is -2.17. The van der Waals surface area contributed by atoms with E-state index in [0.29, 0.717) is 10.9 Å². The minimum Gasteiger partial charge on any atom is -0.383 e. The lowest BCUT2D eigenvalue weighted by molar-refractivity contribution is 0.163. The van der Waals surface area contributed by atoms with Crippen molar-refractivity contribution in [2.24, 2.45) is 0 Å². The van der Waals surface area contributed by atoms with Gasteiger partial charge in [-0.25, -0.2) is 0 Å². The molecule has 0 spiro atoms. The fourth-order valence-corrected chi connectivity index (χ4v) is 1.99. The Kier molecular flexibility index (Phi) is 5.11. The third-order valence-corrected chi connectivity index (χ3v) is 3.44. The Morgan fingerprint density at radius 1 is 1.45 bits per heavy atom. The standard InChI is InChI=1S/C12H19ClN6O/c1-9-10(13)17-12-15-8-16-19(12)11(9)14-4-5-18(2)6-7-20-3/h8,14H,4-7H2,1-3H3. The van der Waals surface area contributed by atoms with Crippen molar-refractivity contribution in [3.05, 3.63) is 17.0 Å². The number of fused-ring (bicyclic) bond motifs is 1. The van der Waals surface area contributed by atoms with Crippen molar-refractivity contribution in [1.82, 2.24) is 24.5 Å². The largest absolute Gasteiger partial charge is 0.383 e. The quantitative estimate of drug-likeness (QED) is 0.772. The molecule has 0 aliphatic heterocycles. The van der Waals surface area contributed by atoms with E-state index in [1.54, 1.807) is 11.6 Å². The fraction of sp³-hybridized carbons (Fsp3) is 0.583. The highest BCUT2D eigenvalue weighted by molar-refractivity contribution is 6.30. The average Bonchev–Trinajstić information content (AvgIpc) is 2.88. The number of ether oxygens (including phenoxy) is 1. The van der Waals surface area contributed by atoms with Crippen LogP contribution in [0.3, 0.4) is 0 Å². The van der Waals surface area contributed by atoms with Gasteiger partial charge in [0.05, 0.1) is 6.61 Å². The maximum atomic E-state index is 6.10. The van der Waals surface area contributed by atoms with E-state index in [9.17, 15) is 0 Å². The lowest BCUT2D eigenvalue weighted by Crippen LogP contribution is -2.28. The second-order valence-electron chi connectivity index (χ2n) is 4.57. The van der Waals surface area contributed by atoms with Crippen molar-refractivity contribution in [1.29, 1.82) is 0 Å². The van der Waals surface area contributed by atoms with Gasteiger partial charge in [0.25, 0.3) is 5.78 Å². The van der Waals surface area contributed by atoms with Crippen molar-refractivity contribution in [3.8, 4) is 0 Å². The minimum atomic E-state index is 0.445. The second kappa shape index (κ2) is 6.83. The Morgan fingerprint density at radius 2 is 2.25 bits per heavy atom. The van der Waals surface area contributed by atoms with Gasteiger partial charge in [-0.1, -0.05) is 11.6 Å². The Balaban J connectivity index is 2.02. The maximum Gasteiger partial charge on any atom is 0.255 e. The zero-order valence-corrected chi connectivity index (χ0v) is 12.7. The monoisotopic (exact) mass is 298 g/mol. The molecule has 2 aromatic rings. The number of nitrogens with zero attached hydrogens (tertiary/aromatic N) is 5. The number of halogens is 1. The van der Waals surface area contributed by atoms with Gasteiger partial charge >= 0.3 is 0 Å². The summed E-state index contributed by atoms with van der Waals surface area (Å²) in [6.45, 7) is 5.19. The van der Waals surface area contributed by atoms with Crippen LogP contribution in [-0.4, -0.2) is 64.9 Å². The van der Waals surface area contributed by atoms with Crippen molar-refractivity contribution >= 4 is 23.2 Å². The number of anilines is 1. The number of hydrogen-bond acceptors (Lipinski definition) is 6. The highest BCUT2D eigenvalue weighted by Crippen LogP contribution is 2.21. The minimum absolute atomic E-state index is 0.445. The van der Waals surface area contributed by atoms with E-state index in [2.05, 4.69) is 32.3 Å². The number of rotatable bonds is 7. The molecule has 0 saturated carbocycles. The summed E-state index contributed by atoms with van der Waals surface area (Å²) >= 11 is 6.10. The summed E-state index contributed by atoms with van der Waals surface area (Å²) < 4.78 is 6.71. The number of methoxy groups -OCH3 is 1. The van der Waals surface area contributed by atoms with Crippen LogP contribution in [0.4, 0.5) is 5.82 Å². The van der Waals surface area contributed by atoms with Crippen LogP contribution in [0, 0.1) is 6.92 Å². The average molecular weight is 299 g/mol. The molecule has 110 valence electrons. The second-order valence-corrected chi connectivity index (χ2v) is 4.93. The molecular formula is C12H19ClN6O. The molecule has 1 N–H and O–H groups in total. The normalized spacial score (nSPS) is 11.4. The van der Waals surface area contributed by atoms with E-state index in [1.807, 2.05) is 6.92 Å². The van der Waals surface area contributed by atoms with E-state index in [1.165, 1.54) is 6.33 Å². The third kappa shape index (κ3) is 3.36. The summed E-state index contributed by atoms with van der Waals surface area (Å²) in [4.78, 5) is 10.4. The molecule has 0 atom stereocenters. The van der Waals surface area contributed by atoms with Crippen LogP contribution in [0.2, 0.25) is 5.15 Å². The van der Waals surface area contributed by atoms with E-state index >= 15 is 0 Å². The van der Waals surface area contributed by atoms with E-state index in [0.717, 1.165) is 37.6 Å². The molecule has 0 fully saturated rings. The zero-order chi connectivity index (χ0) is 14.5. The molecule has 0 unspecified atom stereocenters. The van der Waals surface area contributed by atoms with Gasteiger partial charge in [-0.05, 0) is 14.0 Å². The van der Waals surface area contributed by atoms with Crippen LogP contribution >= 0.6 is 11.6 Å². The van der Waals surface area contributed by atoms with Gasteiger partial charge in [-0.2, -0.15) is 19.6 Å². The summed E-state index contributed by atoms with van der Waals surface area (Å²) in [7, 11) is 3.76. The van der Waals surface area contributed by atoms with Crippen LogP contribution in [0.1, 0.15) is 5.56 Å². The predicted octanol–water partition coefficient (Wildman–Crippen LogP) is 1.08. The van der Waals surface area contributed by atoms with E-state index in [-0.39, 0.29) is 0 Å². The van der Waals surface area contributed by atoms with Gasteiger partial charge in [-0.3, -0.25) is 0 Å². The summed E-state index contributed by atoms with van der Waals surface area (Å²) in [5.74, 6) is 1.33. The smallest absolute Gasteiger partial charge is 0.255 e. The maximum absolute atomic E-state index is 6.10. The van der Waals surface area contributed by atoms with E-state index < -0.39 is 0 Å². The Labute approximate surface area is 122 Å². The summed E-state index contributed by atoms with van der Waals surface area (Å²) in [6, 6.07) is 0. The van der Waals surface area contributed by atoms with Crippen LogP contribution < -0.4 is 5.32 Å². The molecule has 0 aliphatic rings. The number of likely N-dealkylation sites (N-methyl/N-ethyl adjacent to an activating group) is 1. The predicted molar refractivity (Wildman–Crippen MR) is 78.4 cm³/mol. The fourth-order valence-electron chi connectivity index (χ4n) is 1.83. The molecule has 7 nitrogen and oxygen atoms in total. The van der Waals surface area contributed by atoms with Crippen LogP contribution in [0.15, 0.2) is 6.33 Å². The molecule has 0 bridgehead atoms. The van der Waals surface area contributed by atoms with Gasteiger partial charge in [0.1, 0.15) is 17.3 Å². The number of nitrogens with one attached hydrogen (secondary N) is 1. The zero-order valence-electron chi connectivity index (χ0n) is 11.9. The van der Waals surface area contributed by atoms with Gasteiger partial charge in [0, 0.05) is 32.3 Å². The van der Waals surface area contributed by atoms with Crippen LogP contribution in [0.25, 0.3) is 5.78 Å². The van der Waals surface area contributed by atoms with Crippen LogP contribution in [0.5, 0.6) is 0 Å². The first kappa shape index (κ1) is 15.0. The Bertz CT molecular complexity index is 572. The molecule has 0 aromatic carbocycles. The van der Waals surface area contributed by atoms with Crippen molar-refractivity contribution in [2.75, 3.05) is 45.7 Å². The Morgan fingerprint density at radius 3 is 3.00 bits per heavy atom. The van der Waals surface area contributed by atoms with Crippen molar-refractivity contribution in [2.45, 2.75) is 6.92 Å². The van der Waals surface area contributed by atoms with Crippen molar-refractivity contribution < 1.29 is 4.74 Å². The topological polar surface area (TPSA) is 67.6 Å². The molecular weight excluding hydrogens is 280 g/mol. The number of hydrogen-bond donors (Lipinski definition) is 1. The molecule has 2 aromatic heterocycles. The first-order chi connectivity index (χ1) is 9.63. The summed E-state index contributed by atoms with van der Waals surface area (Å²) in [6.07, 6.45) is 1.47. The molecule has 2 heterocycles. The summed E-state index contributed by atoms with van der Waals surface area (Å²) in [5.41, 5.74) is 0.865.